The number of morpholine rings is 1. The first-order chi connectivity index (χ1) is 12.7. The second kappa shape index (κ2) is 7.12. The van der Waals surface area contributed by atoms with Crippen molar-refractivity contribution in [3.05, 3.63) is 65.7 Å². The summed E-state index contributed by atoms with van der Waals surface area (Å²) in [7, 11) is 1.92. The highest BCUT2D eigenvalue weighted by molar-refractivity contribution is 5.91. The molecular formula is C22H26N2O2. The summed E-state index contributed by atoms with van der Waals surface area (Å²) in [5.41, 5.74) is 3.26. The molecule has 4 nitrogen and oxygen atoms in total. The van der Waals surface area contributed by atoms with Gasteiger partial charge in [0.2, 0.25) is 5.91 Å². The van der Waals surface area contributed by atoms with Crippen molar-refractivity contribution in [1.29, 1.82) is 0 Å². The number of carbonyl (C=O) groups excluding carboxylic acids is 1. The van der Waals surface area contributed by atoms with Crippen molar-refractivity contribution < 1.29 is 9.53 Å². The summed E-state index contributed by atoms with van der Waals surface area (Å²) in [6, 6.07) is 18.8. The van der Waals surface area contributed by atoms with E-state index >= 15 is 0 Å². The van der Waals surface area contributed by atoms with Gasteiger partial charge < -0.3 is 14.5 Å². The molecule has 0 aromatic heterocycles. The molecule has 2 aliphatic rings. The van der Waals surface area contributed by atoms with Crippen LogP contribution in [0.4, 0.5) is 5.69 Å². The van der Waals surface area contributed by atoms with E-state index in [0.29, 0.717) is 6.54 Å². The van der Waals surface area contributed by atoms with Crippen LogP contribution in [-0.2, 0) is 21.5 Å². The third-order valence-electron chi connectivity index (χ3n) is 5.56. The zero-order valence-electron chi connectivity index (χ0n) is 15.4. The Hall–Kier alpha value is -2.33. The van der Waals surface area contributed by atoms with Crippen LogP contribution in [0.5, 0.6) is 0 Å². The molecule has 0 unspecified atom stereocenters. The van der Waals surface area contributed by atoms with Gasteiger partial charge in [0.05, 0.1) is 18.6 Å². The highest BCUT2D eigenvalue weighted by Crippen LogP contribution is 2.49. The maximum atomic E-state index is 13.1. The largest absolute Gasteiger partial charge is 0.378 e. The molecule has 0 spiro atoms. The van der Waals surface area contributed by atoms with E-state index in [1.54, 1.807) is 0 Å². The van der Waals surface area contributed by atoms with Crippen LogP contribution in [0.15, 0.2) is 54.6 Å². The van der Waals surface area contributed by atoms with Crippen molar-refractivity contribution in [2.45, 2.75) is 24.8 Å². The van der Waals surface area contributed by atoms with Crippen LogP contribution in [0, 0.1) is 0 Å². The Morgan fingerprint density at radius 3 is 2.31 bits per heavy atom. The molecular weight excluding hydrogens is 324 g/mol. The smallest absolute Gasteiger partial charge is 0.233 e. The van der Waals surface area contributed by atoms with Crippen LogP contribution in [0.25, 0.3) is 0 Å². The second-order valence-electron chi connectivity index (χ2n) is 7.38. The van der Waals surface area contributed by atoms with E-state index in [4.69, 9.17) is 4.74 Å². The van der Waals surface area contributed by atoms with E-state index in [-0.39, 0.29) is 11.3 Å². The molecule has 1 aliphatic carbocycles. The maximum absolute atomic E-state index is 13.1. The van der Waals surface area contributed by atoms with Crippen molar-refractivity contribution in [1.82, 2.24) is 4.90 Å². The summed E-state index contributed by atoms with van der Waals surface area (Å²) in [5, 5.41) is 0. The fraction of sp³-hybridized carbons (Fsp3) is 0.409. The van der Waals surface area contributed by atoms with Crippen LogP contribution in [-0.4, -0.2) is 44.2 Å². The molecule has 1 aliphatic heterocycles. The minimum atomic E-state index is -0.288. The first-order valence-corrected chi connectivity index (χ1v) is 9.42. The molecule has 1 saturated heterocycles. The van der Waals surface area contributed by atoms with Gasteiger partial charge in [-0.15, -0.1) is 0 Å². The SMILES string of the molecule is CN(Cc1ccc(N2CCOCC2)cc1)C(=O)C1(c2ccccc2)CC1. The highest BCUT2D eigenvalue weighted by atomic mass is 16.5. The molecule has 2 aromatic rings. The Kier molecular flexibility index (Phi) is 4.68. The Morgan fingerprint density at radius 2 is 1.69 bits per heavy atom. The fourth-order valence-corrected chi connectivity index (χ4v) is 3.85. The van der Waals surface area contributed by atoms with Gasteiger partial charge in [0.25, 0.3) is 0 Å². The Labute approximate surface area is 155 Å². The third kappa shape index (κ3) is 3.34. The van der Waals surface area contributed by atoms with Gasteiger partial charge in [0.15, 0.2) is 0 Å². The van der Waals surface area contributed by atoms with E-state index in [0.717, 1.165) is 44.7 Å². The van der Waals surface area contributed by atoms with Gasteiger partial charge in [-0.3, -0.25) is 4.79 Å². The number of hydrogen-bond acceptors (Lipinski definition) is 3. The third-order valence-corrected chi connectivity index (χ3v) is 5.56. The van der Waals surface area contributed by atoms with Crippen molar-refractivity contribution >= 4 is 11.6 Å². The van der Waals surface area contributed by atoms with Crippen molar-refractivity contribution in [2.24, 2.45) is 0 Å². The molecule has 136 valence electrons. The van der Waals surface area contributed by atoms with Gasteiger partial charge in [0, 0.05) is 32.4 Å². The number of rotatable bonds is 5. The predicted octanol–water partition coefficient (Wildman–Crippen LogP) is 3.21. The minimum Gasteiger partial charge on any atom is -0.378 e. The van der Waals surface area contributed by atoms with E-state index in [2.05, 4.69) is 41.3 Å². The highest BCUT2D eigenvalue weighted by Gasteiger charge is 2.52. The number of hydrogen-bond donors (Lipinski definition) is 0. The van der Waals surface area contributed by atoms with E-state index in [1.807, 2.05) is 30.1 Å². The number of amides is 1. The molecule has 0 atom stereocenters. The van der Waals surface area contributed by atoms with Crippen LogP contribution >= 0.6 is 0 Å². The van der Waals surface area contributed by atoms with Crippen LogP contribution in [0.1, 0.15) is 24.0 Å². The number of anilines is 1. The monoisotopic (exact) mass is 350 g/mol. The van der Waals surface area contributed by atoms with Gasteiger partial charge in [-0.05, 0) is 36.1 Å². The minimum absolute atomic E-state index is 0.237. The molecule has 4 rings (SSSR count). The quantitative estimate of drug-likeness (QED) is 0.830. The van der Waals surface area contributed by atoms with E-state index in [9.17, 15) is 4.79 Å². The molecule has 2 fully saturated rings. The number of likely N-dealkylation sites (N-methyl/N-ethyl adjacent to an activating group) is 1. The fourth-order valence-electron chi connectivity index (χ4n) is 3.85. The van der Waals surface area contributed by atoms with E-state index in [1.165, 1.54) is 11.3 Å². The number of nitrogens with zero attached hydrogens (tertiary/aromatic N) is 2. The summed E-state index contributed by atoms with van der Waals surface area (Å²) in [5.74, 6) is 0.237. The average molecular weight is 350 g/mol. The molecule has 0 bridgehead atoms. The van der Waals surface area contributed by atoms with Crippen molar-refractivity contribution in [3.8, 4) is 0 Å². The van der Waals surface area contributed by atoms with Gasteiger partial charge in [-0.25, -0.2) is 0 Å². The number of carbonyl (C=O) groups is 1. The summed E-state index contributed by atoms with van der Waals surface area (Å²) < 4.78 is 5.41. The predicted molar refractivity (Wildman–Crippen MR) is 103 cm³/mol. The van der Waals surface area contributed by atoms with Crippen molar-refractivity contribution in [3.63, 3.8) is 0 Å². The van der Waals surface area contributed by atoms with Gasteiger partial charge >= 0.3 is 0 Å². The average Bonchev–Trinajstić information content (AvgIpc) is 3.51. The maximum Gasteiger partial charge on any atom is 0.233 e. The molecule has 1 amide bonds. The zero-order chi connectivity index (χ0) is 18.0. The summed E-state index contributed by atoms with van der Waals surface area (Å²) >= 11 is 0. The second-order valence-corrected chi connectivity index (χ2v) is 7.38. The Bertz CT molecular complexity index is 747. The van der Waals surface area contributed by atoms with E-state index < -0.39 is 0 Å². The molecule has 1 heterocycles. The molecule has 1 saturated carbocycles. The van der Waals surface area contributed by atoms with Crippen LogP contribution in [0.3, 0.4) is 0 Å². The van der Waals surface area contributed by atoms with Crippen molar-refractivity contribution in [2.75, 3.05) is 38.3 Å². The Balaban J connectivity index is 1.41. The first-order valence-electron chi connectivity index (χ1n) is 9.42. The summed E-state index contributed by atoms with van der Waals surface area (Å²) in [6.45, 7) is 4.12. The molecule has 0 N–H and O–H groups in total. The summed E-state index contributed by atoms with van der Waals surface area (Å²) in [4.78, 5) is 17.3. The first kappa shape index (κ1) is 17.1. The van der Waals surface area contributed by atoms with Crippen LogP contribution in [0.2, 0.25) is 0 Å². The zero-order valence-corrected chi connectivity index (χ0v) is 15.4. The normalized spacial score (nSPS) is 18.4. The topological polar surface area (TPSA) is 32.8 Å². The number of benzene rings is 2. The molecule has 0 radical (unpaired) electrons. The Morgan fingerprint density at radius 1 is 1.04 bits per heavy atom. The standard InChI is InChI=1S/C22H26N2O2/c1-23(21(25)22(11-12-22)19-5-3-2-4-6-19)17-18-7-9-20(10-8-18)24-13-15-26-16-14-24/h2-10H,11-17H2,1H3. The molecule has 4 heteroatoms. The van der Waals surface area contributed by atoms with Gasteiger partial charge in [0.1, 0.15) is 0 Å². The number of ether oxygens (including phenoxy) is 1. The lowest BCUT2D eigenvalue weighted by Crippen LogP contribution is -2.36. The summed E-state index contributed by atoms with van der Waals surface area (Å²) in [6.07, 6.45) is 1.91. The molecule has 2 aromatic carbocycles. The lowest BCUT2D eigenvalue weighted by Gasteiger charge is -2.29. The van der Waals surface area contributed by atoms with Gasteiger partial charge in [-0.2, -0.15) is 0 Å². The lowest BCUT2D eigenvalue weighted by molar-refractivity contribution is -0.133. The van der Waals surface area contributed by atoms with Gasteiger partial charge in [-0.1, -0.05) is 42.5 Å². The molecule has 26 heavy (non-hydrogen) atoms. The lowest BCUT2D eigenvalue weighted by atomic mass is 9.94. The van der Waals surface area contributed by atoms with Crippen LogP contribution < -0.4 is 4.90 Å².